The fourth-order valence-electron chi connectivity index (χ4n) is 2.33. The lowest BCUT2D eigenvalue weighted by molar-refractivity contribution is 0.679. The normalized spacial score (nSPS) is 12.4. The van der Waals surface area contributed by atoms with Crippen molar-refractivity contribution in [2.75, 3.05) is 7.05 Å². The summed E-state index contributed by atoms with van der Waals surface area (Å²) in [6.07, 6.45) is 3.80. The second-order valence-corrected chi connectivity index (χ2v) is 4.81. The van der Waals surface area contributed by atoms with Crippen molar-refractivity contribution < 1.29 is 0 Å². The van der Waals surface area contributed by atoms with Gasteiger partial charge in [-0.15, -0.1) is 0 Å². The third-order valence-corrected chi connectivity index (χ3v) is 3.42. The van der Waals surface area contributed by atoms with E-state index in [0.29, 0.717) is 0 Å². The molecule has 1 atom stereocenters. The van der Waals surface area contributed by atoms with Gasteiger partial charge >= 0.3 is 0 Å². The van der Waals surface area contributed by atoms with Gasteiger partial charge in [0.05, 0.1) is 6.04 Å². The van der Waals surface area contributed by atoms with E-state index in [0.717, 1.165) is 0 Å². The molecule has 1 unspecified atom stereocenters. The highest BCUT2D eigenvalue weighted by Crippen LogP contribution is 2.27. The Morgan fingerprint density at radius 3 is 2.39 bits per heavy atom. The first-order valence-electron chi connectivity index (χ1n) is 6.28. The van der Waals surface area contributed by atoms with Crippen LogP contribution in [0, 0.1) is 20.8 Å². The summed E-state index contributed by atoms with van der Waals surface area (Å²) < 4.78 is 0. The highest BCUT2D eigenvalue weighted by atomic mass is 14.9. The highest BCUT2D eigenvalue weighted by Gasteiger charge is 2.16. The van der Waals surface area contributed by atoms with E-state index >= 15 is 0 Å². The Bertz CT molecular complexity index is 547. The molecule has 1 aromatic carbocycles. The van der Waals surface area contributed by atoms with Crippen LogP contribution in [0.4, 0.5) is 0 Å². The number of pyridine rings is 1. The first-order valence-corrected chi connectivity index (χ1v) is 6.28. The minimum absolute atomic E-state index is 0.207. The van der Waals surface area contributed by atoms with Gasteiger partial charge in [-0.1, -0.05) is 23.8 Å². The Morgan fingerprint density at radius 1 is 1.00 bits per heavy atom. The lowest BCUT2D eigenvalue weighted by atomic mass is 9.92. The van der Waals surface area contributed by atoms with E-state index in [-0.39, 0.29) is 6.04 Å². The van der Waals surface area contributed by atoms with E-state index in [1.165, 1.54) is 27.8 Å². The van der Waals surface area contributed by atoms with Gasteiger partial charge in [0.25, 0.3) is 0 Å². The molecule has 0 saturated carbocycles. The van der Waals surface area contributed by atoms with E-state index in [9.17, 15) is 0 Å². The SMILES string of the molecule is CNC(c1cnccc1C)c1cc(C)ccc1C. The van der Waals surface area contributed by atoms with Gasteiger partial charge in [0.1, 0.15) is 0 Å². The fraction of sp³-hybridized carbons (Fsp3) is 0.312. The van der Waals surface area contributed by atoms with Crippen molar-refractivity contribution in [1.82, 2.24) is 10.3 Å². The second kappa shape index (κ2) is 5.32. The zero-order valence-electron chi connectivity index (χ0n) is 11.5. The molecule has 2 heteroatoms. The van der Waals surface area contributed by atoms with Crippen LogP contribution >= 0.6 is 0 Å². The van der Waals surface area contributed by atoms with Gasteiger partial charge in [-0.3, -0.25) is 4.98 Å². The number of benzene rings is 1. The third kappa shape index (κ3) is 2.44. The van der Waals surface area contributed by atoms with Crippen molar-refractivity contribution in [2.45, 2.75) is 26.8 Å². The first kappa shape index (κ1) is 12.8. The lowest BCUT2D eigenvalue weighted by Gasteiger charge is -2.21. The van der Waals surface area contributed by atoms with Gasteiger partial charge in [-0.05, 0) is 56.1 Å². The molecule has 0 aliphatic carbocycles. The molecule has 2 nitrogen and oxygen atoms in total. The summed E-state index contributed by atoms with van der Waals surface area (Å²) in [5.41, 5.74) is 6.44. The van der Waals surface area contributed by atoms with Crippen LogP contribution in [0.1, 0.15) is 33.9 Å². The van der Waals surface area contributed by atoms with Gasteiger partial charge in [0, 0.05) is 12.4 Å². The zero-order valence-corrected chi connectivity index (χ0v) is 11.5. The number of nitrogens with zero attached hydrogens (tertiary/aromatic N) is 1. The number of nitrogens with one attached hydrogen (secondary N) is 1. The topological polar surface area (TPSA) is 24.9 Å². The molecular weight excluding hydrogens is 220 g/mol. The monoisotopic (exact) mass is 240 g/mol. The lowest BCUT2D eigenvalue weighted by Crippen LogP contribution is -2.20. The molecule has 1 N–H and O–H groups in total. The van der Waals surface area contributed by atoms with Crippen LogP contribution in [0.5, 0.6) is 0 Å². The molecule has 0 amide bonds. The molecule has 0 radical (unpaired) electrons. The van der Waals surface area contributed by atoms with E-state index < -0.39 is 0 Å². The molecule has 0 bridgehead atoms. The third-order valence-electron chi connectivity index (χ3n) is 3.42. The van der Waals surface area contributed by atoms with Crippen LogP contribution in [-0.4, -0.2) is 12.0 Å². The summed E-state index contributed by atoms with van der Waals surface area (Å²) in [5, 5.41) is 3.40. The predicted molar refractivity (Wildman–Crippen MR) is 75.8 cm³/mol. The fourth-order valence-corrected chi connectivity index (χ4v) is 2.33. The average Bonchev–Trinajstić information content (AvgIpc) is 2.36. The minimum Gasteiger partial charge on any atom is -0.309 e. The van der Waals surface area contributed by atoms with Crippen LogP contribution in [-0.2, 0) is 0 Å². The number of aryl methyl sites for hydroxylation is 3. The maximum Gasteiger partial charge on any atom is 0.0594 e. The molecule has 2 rings (SSSR count). The van der Waals surface area contributed by atoms with Crippen molar-refractivity contribution in [3.63, 3.8) is 0 Å². The molecule has 94 valence electrons. The first-order chi connectivity index (χ1) is 8.63. The van der Waals surface area contributed by atoms with Crippen LogP contribution in [0.3, 0.4) is 0 Å². The van der Waals surface area contributed by atoms with Gasteiger partial charge in [0.15, 0.2) is 0 Å². The summed E-state index contributed by atoms with van der Waals surface area (Å²) in [6, 6.07) is 8.86. The van der Waals surface area contributed by atoms with Crippen molar-refractivity contribution in [2.24, 2.45) is 0 Å². The molecule has 0 aliphatic rings. The van der Waals surface area contributed by atoms with Crippen LogP contribution in [0.15, 0.2) is 36.7 Å². The molecular formula is C16H20N2. The average molecular weight is 240 g/mol. The summed E-state index contributed by atoms with van der Waals surface area (Å²) >= 11 is 0. The van der Waals surface area contributed by atoms with E-state index in [2.05, 4.69) is 55.3 Å². The number of hydrogen-bond acceptors (Lipinski definition) is 2. The quantitative estimate of drug-likeness (QED) is 0.890. The molecule has 0 spiro atoms. The van der Waals surface area contributed by atoms with Crippen LogP contribution in [0.2, 0.25) is 0 Å². The summed E-state index contributed by atoms with van der Waals surface area (Å²) in [7, 11) is 2.00. The van der Waals surface area contributed by atoms with Crippen molar-refractivity contribution in [1.29, 1.82) is 0 Å². The number of hydrogen-bond donors (Lipinski definition) is 1. The van der Waals surface area contributed by atoms with E-state index in [1.807, 2.05) is 19.4 Å². The molecule has 18 heavy (non-hydrogen) atoms. The largest absolute Gasteiger partial charge is 0.309 e. The number of rotatable bonds is 3. The Balaban J connectivity index is 2.52. The Labute approximate surface area is 109 Å². The van der Waals surface area contributed by atoms with Crippen molar-refractivity contribution >= 4 is 0 Å². The molecule has 0 fully saturated rings. The molecule has 2 aromatic rings. The predicted octanol–water partition coefficient (Wildman–Crippen LogP) is 3.32. The molecule has 0 aliphatic heterocycles. The van der Waals surface area contributed by atoms with Gasteiger partial charge in [0.2, 0.25) is 0 Å². The summed E-state index contributed by atoms with van der Waals surface area (Å²) in [6.45, 7) is 6.42. The minimum atomic E-state index is 0.207. The Morgan fingerprint density at radius 2 is 1.72 bits per heavy atom. The Kier molecular flexibility index (Phi) is 3.78. The van der Waals surface area contributed by atoms with Gasteiger partial charge in [-0.25, -0.2) is 0 Å². The van der Waals surface area contributed by atoms with Crippen molar-refractivity contribution in [3.8, 4) is 0 Å². The Hall–Kier alpha value is -1.67. The summed E-state index contributed by atoms with van der Waals surface area (Å²) in [5.74, 6) is 0. The van der Waals surface area contributed by atoms with E-state index in [1.54, 1.807) is 0 Å². The van der Waals surface area contributed by atoms with Crippen molar-refractivity contribution in [3.05, 3.63) is 64.5 Å². The maximum absolute atomic E-state index is 4.25. The number of aromatic nitrogens is 1. The standard InChI is InChI=1S/C16H20N2/c1-11-5-6-12(2)14(9-11)16(17-4)15-10-18-8-7-13(15)3/h5-10,16-17H,1-4H3. The summed E-state index contributed by atoms with van der Waals surface area (Å²) in [4.78, 5) is 4.25. The molecule has 0 saturated heterocycles. The van der Waals surface area contributed by atoms with Gasteiger partial charge < -0.3 is 5.32 Å². The van der Waals surface area contributed by atoms with Crippen LogP contribution in [0.25, 0.3) is 0 Å². The maximum atomic E-state index is 4.25. The zero-order chi connectivity index (χ0) is 13.1. The highest BCUT2D eigenvalue weighted by molar-refractivity contribution is 5.40. The van der Waals surface area contributed by atoms with Crippen LogP contribution < -0.4 is 5.32 Å². The smallest absolute Gasteiger partial charge is 0.0594 e. The van der Waals surface area contributed by atoms with E-state index in [4.69, 9.17) is 0 Å². The molecule has 1 heterocycles. The van der Waals surface area contributed by atoms with Gasteiger partial charge in [-0.2, -0.15) is 0 Å². The second-order valence-electron chi connectivity index (χ2n) is 4.81. The molecule has 1 aromatic heterocycles.